The van der Waals surface area contributed by atoms with E-state index >= 15 is 0 Å². The first-order valence-corrected chi connectivity index (χ1v) is 7.51. The van der Waals surface area contributed by atoms with Crippen LogP contribution in [0.2, 0.25) is 0 Å². The van der Waals surface area contributed by atoms with Crippen molar-refractivity contribution in [1.29, 1.82) is 0 Å². The van der Waals surface area contributed by atoms with E-state index < -0.39 is 5.97 Å². The Morgan fingerprint density at radius 1 is 1.26 bits per heavy atom. The van der Waals surface area contributed by atoms with E-state index in [9.17, 15) is 9.59 Å². The standard InChI is InChI=1S/C18H20O5/c1-3-17(19)22-11-5-4-10-21-15-8-6-14(7-9-15)16-12-13(2)18(20)23-16/h3,6-9,16H,1-2,4-5,10-12H2. The van der Waals surface area contributed by atoms with Gasteiger partial charge >= 0.3 is 11.9 Å². The van der Waals surface area contributed by atoms with Crippen LogP contribution in [0.25, 0.3) is 0 Å². The molecule has 5 nitrogen and oxygen atoms in total. The maximum absolute atomic E-state index is 11.3. The third kappa shape index (κ3) is 4.98. The van der Waals surface area contributed by atoms with Gasteiger partial charge in [0.1, 0.15) is 11.9 Å². The molecule has 0 aromatic heterocycles. The normalized spacial score (nSPS) is 16.8. The van der Waals surface area contributed by atoms with Crippen molar-refractivity contribution in [2.75, 3.05) is 13.2 Å². The van der Waals surface area contributed by atoms with Crippen LogP contribution in [0.5, 0.6) is 5.75 Å². The van der Waals surface area contributed by atoms with Crippen molar-refractivity contribution in [3.63, 3.8) is 0 Å². The maximum Gasteiger partial charge on any atom is 0.334 e. The van der Waals surface area contributed by atoms with Crippen molar-refractivity contribution < 1.29 is 23.8 Å². The van der Waals surface area contributed by atoms with Crippen molar-refractivity contribution in [2.24, 2.45) is 0 Å². The molecule has 0 bridgehead atoms. The van der Waals surface area contributed by atoms with Gasteiger partial charge in [-0.2, -0.15) is 0 Å². The molecule has 1 atom stereocenters. The van der Waals surface area contributed by atoms with E-state index in [4.69, 9.17) is 14.2 Å². The highest BCUT2D eigenvalue weighted by Gasteiger charge is 2.28. The van der Waals surface area contributed by atoms with Crippen molar-refractivity contribution in [1.82, 2.24) is 0 Å². The van der Waals surface area contributed by atoms with Crippen molar-refractivity contribution in [3.8, 4) is 5.75 Å². The van der Waals surface area contributed by atoms with E-state index in [2.05, 4.69) is 13.2 Å². The molecule has 1 aromatic carbocycles. The Bertz CT molecular complexity index is 572. The summed E-state index contributed by atoms with van der Waals surface area (Å²) in [4.78, 5) is 22.2. The van der Waals surface area contributed by atoms with Gasteiger partial charge in [-0.1, -0.05) is 25.3 Å². The molecular weight excluding hydrogens is 296 g/mol. The average Bonchev–Trinajstić information content (AvgIpc) is 2.90. The molecule has 1 aromatic rings. The molecule has 1 aliphatic heterocycles. The molecule has 122 valence electrons. The lowest BCUT2D eigenvalue weighted by atomic mass is 10.1. The van der Waals surface area contributed by atoms with Gasteiger partial charge in [0.2, 0.25) is 0 Å². The number of hydrogen-bond acceptors (Lipinski definition) is 5. The van der Waals surface area contributed by atoms with Gasteiger partial charge in [-0.3, -0.25) is 0 Å². The summed E-state index contributed by atoms with van der Waals surface area (Å²) in [5, 5.41) is 0. The molecule has 0 aliphatic carbocycles. The van der Waals surface area contributed by atoms with Crippen LogP contribution in [0, 0.1) is 0 Å². The summed E-state index contributed by atoms with van der Waals surface area (Å²) in [5.74, 6) is 0.0178. The predicted octanol–water partition coefficient (Wildman–Crippen LogP) is 3.12. The Morgan fingerprint density at radius 3 is 2.57 bits per heavy atom. The highest BCUT2D eigenvalue weighted by atomic mass is 16.6. The van der Waals surface area contributed by atoms with E-state index in [-0.39, 0.29) is 12.1 Å². The summed E-state index contributed by atoms with van der Waals surface area (Å²) < 4.78 is 15.7. The minimum Gasteiger partial charge on any atom is -0.494 e. The first-order chi connectivity index (χ1) is 11.1. The molecule has 1 unspecified atom stereocenters. The first kappa shape index (κ1) is 16.8. The number of carbonyl (C=O) groups is 2. The fourth-order valence-electron chi connectivity index (χ4n) is 2.15. The number of rotatable bonds is 8. The Morgan fingerprint density at radius 2 is 1.96 bits per heavy atom. The zero-order chi connectivity index (χ0) is 16.7. The Labute approximate surface area is 135 Å². The second kappa shape index (κ2) is 8.17. The molecule has 1 fully saturated rings. The number of esters is 2. The third-order valence-electron chi connectivity index (χ3n) is 3.44. The molecule has 0 spiro atoms. The number of hydrogen-bond donors (Lipinski definition) is 0. The van der Waals surface area contributed by atoms with Crippen LogP contribution in [-0.2, 0) is 19.1 Å². The van der Waals surface area contributed by atoms with Crippen LogP contribution in [0.3, 0.4) is 0 Å². The van der Waals surface area contributed by atoms with Gasteiger partial charge in [-0.15, -0.1) is 0 Å². The van der Waals surface area contributed by atoms with Crippen LogP contribution >= 0.6 is 0 Å². The van der Waals surface area contributed by atoms with Crippen molar-refractivity contribution in [2.45, 2.75) is 25.4 Å². The molecule has 1 heterocycles. The molecule has 0 amide bonds. The van der Waals surface area contributed by atoms with Crippen molar-refractivity contribution in [3.05, 3.63) is 54.6 Å². The Kier molecular flexibility index (Phi) is 5.97. The largest absolute Gasteiger partial charge is 0.494 e. The Balaban J connectivity index is 1.69. The summed E-state index contributed by atoms with van der Waals surface area (Å²) in [6.45, 7) is 7.91. The minimum atomic E-state index is -0.406. The topological polar surface area (TPSA) is 61.8 Å². The zero-order valence-electron chi connectivity index (χ0n) is 13.0. The molecule has 0 N–H and O–H groups in total. The van der Waals surface area contributed by atoms with Gasteiger partial charge < -0.3 is 14.2 Å². The highest BCUT2D eigenvalue weighted by molar-refractivity contribution is 5.90. The molecule has 23 heavy (non-hydrogen) atoms. The minimum absolute atomic E-state index is 0.247. The van der Waals surface area contributed by atoms with E-state index in [1.54, 1.807) is 0 Å². The molecule has 2 rings (SSSR count). The summed E-state index contributed by atoms with van der Waals surface area (Å²) in [6, 6.07) is 7.47. The number of benzene rings is 1. The smallest absolute Gasteiger partial charge is 0.334 e. The summed E-state index contributed by atoms with van der Waals surface area (Å²) in [7, 11) is 0. The first-order valence-electron chi connectivity index (χ1n) is 7.51. The van der Waals surface area contributed by atoms with Crippen LogP contribution in [-0.4, -0.2) is 25.2 Å². The monoisotopic (exact) mass is 316 g/mol. The van der Waals surface area contributed by atoms with Crippen LogP contribution < -0.4 is 4.74 Å². The van der Waals surface area contributed by atoms with Crippen LogP contribution in [0.15, 0.2) is 49.1 Å². The van der Waals surface area contributed by atoms with E-state index in [0.29, 0.717) is 25.2 Å². The van der Waals surface area contributed by atoms with E-state index in [1.807, 2.05) is 24.3 Å². The van der Waals surface area contributed by atoms with Gasteiger partial charge in [0.25, 0.3) is 0 Å². The van der Waals surface area contributed by atoms with Gasteiger partial charge in [-0.05, 0) is 30.5 Å². The lowest BCUT2D eigenvalue weighted by Crippen LogP contribution is -2.04. The van der Waals surface area contributed by atoms with E-state index in [0.717, 1.165) is 30.2 Å². The number of ether oxygens (including phenoxy) is 3. The third-order valence-corrected chi connectivity index (χ3v) is 3.44. The second-order valence-corrected chi connectivity index (χ2v) is 5.20. The van der Waals surface area contributed by atoms with Gasteiger partial charge in [0, 0.05) is 18.1 Å². The average molecular weight is 316 g/mol. The fraction of sp³-hybridized carbons (Fsp3) is 0.333. The summed E-state index contributed by atoms with van der Waals surface area (Å²) in [5.41, 5.74) is 1.44. The molecule has 0 radical (unpaired) electrons. The van der Waals surface area contributed by atoms with Gasteiger partial charge in [-0.25, -0.2) is 9.59 Å². The molecule has 5 heteroatoms. The van der Waals surface area contributed by atoms with Gasteiger partial charge in [0.05, 0.1) is 13.2 Å². The van der Waals surface area contributed by atoms with Crippen LogP contribution in [0.1, 0.15) is 30.9 Å². The molecule has 1 saturated heterocycles. The summed E-state index contributed by atoms with van der Waals surface area (Å²) >= 11 is 0. The fourth-order valence-corrected chi connectivity index (χ4v) is 2.15. The number of cyclic esters (lactones) is 1. The number of carbonyl (C=O) groups excluding carboxylic acids is 2. The van der Waals surface area contributed by atoms with Crippen LogP contribution in [0.4, 0.5) is 0 Å². The van der Waals surface area contributed by atoms with E-state index in [1.165, 1.54) is 0 Å². The molecular formula is C18H20O5. The quantitative estimate of drug-likeness (QED) is 0.419. The van der Waals surface area contributed by atoms with Gasteiger partial charge in [0.15, 0.2) is 0 Å². The SMILES string of the molecule is C=CC(=O)OCCCCOc1ccc(C2CC(=C)C(=O)O2)cc1. The lowest BCUT2D eigenvalue weighted by Gasteiger charge is -2.10. The number of unbranched alkanes of at least 4 members (excludes halogenated alkanes) is 1. The highest BCUT2D eigenvalue weighted by Crippen LogP contribution is 2.32. The lowest BCUT2D eigenvalue weighted by molar-refractivity contribution is -0.139. The predicted molar refractivity (Wildman–Crippen MR) is 84.9 cm³/mol. The van der Waals surface area contributed by atoms with Crippen molar-refractivity contribution >= 4 is 11.9 Å². The second-order valence-electron chi connectivity index (χ2n) is 5.20. The zero-order valence-corrected chi connectivity index (χ0v) is 13.0. The molecule has 1 aliphatic rings. The summed E-state index contributed by atoms with van der Waals surface area (Å²) in [6.07, 6.45) is 2.95. The maximum atomic E-state index is 11.3. The molecule has 0 saturated carbocycles. The Hall–Kier alpha value is -2.56.